The first-order chi connectivity index (χ1) is 11.5. The molecule has 1 saturated carbocycles. The van der Waals surface area contributed by atoms with Gasteiger partial charge in [-0.15, -0.1) is 0 Å². The van der Waals surface area contributed by atoms with E-state index in [0.29, 0.717) is 12.2 Å². The molecule has 0 atom stereocenters. The van der Waals surface area contributed by atoms with Crippen molar-refractivity contribution in [2.24, 2.45) is 0 Å². The second-order valence-electron chi connectivity index (χ2n) is 5.57. The highest BCUT2D eigenvalue weighted by molar-refractivity contribution is 6.34. The summed E-state index contributed by atoms with van der Waals surface area (Å²) in [6.07, 6.45) is 1.95. The summed E-state index contributed by atoms with van der Waals surface area (Å²) in [5.74, 6) is 0.762. The minimum absolute atomic E-state index is 0.140. The van der Waals surface area contributed by atoms with Gasteiger partial charge in [-0.25, -0.2) is 4.98 Å². The fourth-order valence-corrected chi connectivity index (χ4v) is 3.07. The molecule has 2 aromatic rings. The Morgan fingerprint density at radius 3 is 2.54 bits per heavy atom. The fraction of sp³-hybridized carbons (Fsp3) is 0.312. The smallest absolute Gasteiger partial charge is 0.329 e. The topological polar surface area (TPSA) is 68.5 Å². The summed E-state index contributed by atoms with van der Waals surface area (Å²) in [6, 6.07) is 9.34. The standard InChI is InChI=1S/C16H15Cl2N3O3/c1-24-12-6-2-10(3-7-12)9-20(11-4-5-11)13-8-14(17)19-16(18)15(13)21(22)23/h2-3,6-8,11H,4-5,9H2,1H3. The lowest BCUT2D eigenvalue weighted by atomic mass is 10.2. The van der Waals surface area contributed by atoms with Crippen LogP contribution < -0.4 is 9.64 Å². The molecule has 24 heavy (non-hydrogen) atoms. The molecule has 0 unspecified atom stereocenters. The SMILES string of the molecule is COc1ccc(CN(c2cc(Cl)nc(Cl)c2[N+](=O)[O-])C2CC2)cc1. The molecule has 126 valence electrons. The average Bonchev–Trinajstić information content (AvgIpc) is 3.36. The van der Waals surface area contributed by atoms with E-state index in [1.807, 2.05) is 29.2 Å². The summed E-state index contributed by atoms with van der Waals surface area (Å²) in [6.45, 7) is 0.520. The minimum Gasteiger partial charge on any atom is -0.497 e. The van der Waals surface area contributed by atoms with E-state index in [1.165, 1.54) is 6.07 Å². The Hall–Kier alpha value is -2.05. The van der Waals surface area contributed by atoms with Crippen LogP contribution in [0, 0.1) is 10.1 Å². The minimum atomic E-state index is -0.510. The van der Waals surface area contributed by atoms with E-state index < -0.39 is 4.92 Å². The Kier molecular flexibility index (Phi) is 4.78. The molecule has 1 aromatic carbocycles. The Morgan fingerprint density at radius 1 is 1.33 bits per heavy atom. The summed E-state index contributed by atoms with van der Waals surface area (Å²) >= 11 is 11.9. The Labute approximate surface area is 149 Å². The molecule has 0 bridgehead atoms. The van der Waals surface area contributed by atoms with Crippen molar-refractivity contribution in [3.8, 4) is 5.75 Å². The number of hydrogen-bond donors (Lipinski definition) is 0. The lowest BCUT2D eigenvalue weighted by Crippen LogP contribution is -2.26. The second kappa shape index (κ2) is 6.83. The van der Waals surface area contributed by atoms with Gasteiger partial charge in [-0.2, -0.15) is 0 Å². The summed E-state index contributed by atoms with van der Waals surface area (Å²) in [5.41, 5.74) is 1.21. The van der Waals surface area contributed by atoms with Gasteiger partial charge in [0.25, 0.3) is 0 Å². The van der Waals surface area contributed by atoms with Crippen molar-refractivity contribution in [1.82, 2.24) is 4.98 Å². The third-order valence-corrected chi connectivity index (χ3v) is 4.35. The van der Waals surface area contributed by atoms with E-state index in [9.17, 15) is 10.1 Å². The maximum Gasteiger partial charge on any atom is 0.329 e. The van der Waals surface area contributed by atoms with Gasteiger partial charge in [-0.05, 0) is 30.5 Å². The number of halogens is 2. The maximum absolute atomic E-state index is 11.4. The zero-order chi connectivity index (χ0) is 17.3. The molecule has 0 N–H and O–H groups in total. The lowest BCUT2D eigenvalue weighted by molar-refractivity contribution is -0.384. The number of aromatic nitrogens is 1. The highest BCUT2D eigenvalue weighted by Gasteiger charge is 2.35. The number of anilines is 1. The van der Waals surface area contributed by atoms with Crippen molar-refractivity contribution in [2.75, 3.05) is 12.0 Å². The monoisotopic (exact) mass is 367 g/mol. The predicted octanol–water partition coefficient (Wildman–Crippen LogP) is 4.47. The van der Waals surface area contributed by atoms with Gasteiger partial charge >= 0.3 is 5.69 Å². The summed E-state index contributed by atoms with van der Waals surface area (Å²) < 4.78 is 5.15. The van der Waals surface area contributed by atoms with Gasteiger partial charge in [-0.3, -0.25) is 10.1 Å². The molecule has 1 heterocycles. The second-order valence-corrected chi connectivity index (χ2v) is 6.31. The van der Waals surface area contributed by atoms with Crippen LogP contribution in [-0.2, 0) is 6.54 Å². The maximum atomic E-state index is 11.4. The highest BCUT2D eigenvalue weighted by atomic mass is 35.5. The number of methoxy groups -OCH3 is 1. The third kappa shape index (κ3) is 3.55. The van der Waals surface area contributed by atoms with Crippen LogP contribution in [0.25, 0.3) is 0 Å². The molecule has 1 aliphatic rings. The Morgan fingerprint density at radius 2 is 2.00 bits per heavy atom. The first kappa shape index (κ1) is 16.8. The molecule has 0 spiro atoms. The molecule has 0 radical (unpaired) electrons. The van der Waals surface area contributed by atoms with E-state index in [0.717, 1.165) is 24.2 Å². The summed E-state index contributed by atoms with van der Waals surface area (Å²) in [4.78, 5) is 16.7. The van der Waals surface area contributed by atoms with Gasteiger partial charge in [0.05, 0.1) is 12.0 Å². The number of benzene rings is 1. The molecule has 6 nitrogen and oxygen atoms in total. The Bertz CT molecular complexity index is 764. The van der Waals surface area contributed by atoms with Crippen molar-refractivity contribution in [2.45, 2.75) is 25.4 Å². The van der Waals surface area contributed by atoms with E-state index in [-0.39, 0.29) is 22.0 Å². The number of hydrogen-bond acceptors (Lipinski definition) is 5. The van der Waals surface area contributed by atoms with Crippen molar-refractivity contribution >= 4 is 34.6 Å². The first-order valence-electron chi connectivity index (χ1n) is 7.39. The molecule has 1 aromatic heterocycles. The van der Waals surface area contributed by atoms with E-state index in [4.69, 9.17) is 27.9 Å². The van der Waals surface area contributed by atoms with E-state index in [2.05, 4.69) is 4.98 Å². The largest absolute Gasteiger partial charge is 0.497 e. The molecule has 8 heteroatoms. The number of ether oxygens (including phenoxy) is 1. The highest BCUT2D eigenvalue weighted by Crippen LogP contribution is 2.41. The molecule has 0 saturated heterocycles. The summed E-state index contributed by atoms with van der Waals surface area (Å²) in [5, 5.41) is 11.4. The normalized spacial score (nSPS) is 13.6. The van der Waals surface area contributed by atoms with Crippen LogP contribution in [0.2, 0.25) is 10.3 Å². The molecule has 1 aliphatic carbocycles. The van der Waals surface area contributed by atoms with Crippen LogP contribution in [0.1, 0.15) is 18.4 Å². The number of nitrogens with zero attached hydrogens (tertiary/aromatic N) is 3. The number of nitro groups is 1. The van der Waals surface area contributed by atoms with E-state index >= 15 is 0 Å². The zero-order valence-electron chi connectivity index (χ0n) is 12.9. The predicted molar refractivity (Wildman–Crippen MR) is 93.1 cm³/mol. The van der Waals surface area contributed by atoms with Crippen molar-refractivity contribution in [3.05, 3.63) is 56.3 Å². The van der Waals surface area contributed by atoms with Gasteiger partial charge in [-0.1, -0.05) is 35.3 Å². The average molecular weight is 368 g/mol. The molecule has 0 aliphatic heterocycles. The Balaban J connectivity index is 1.98. The van der Waals surface area contributed by atoms with Crippen LogP contribution >= 0.6 is 23.2 Å². The third-order valence-electron chi connectivity index (χ3n) is 3.89. The number of rotatable bonds is 6. The lowest BCUT2D eigenvalue weighted by Gasteiger charge is -2.25. The van der Waals surface area contributed by atoms with Gasteiger partial charge in [0.1, 0.15) is 16.6 Å². The van der Waals surface area contributed by atoms with Crippen molar-refractivity contribution in [1.29, 1.82) is 0 Å². The number of pyridine rings is 1. The van der Waals surface area contributed by atoms with E-state index in [1.54, 1.807) is 7.11 Å². The zero-order valence-corrected chi connectivity index (χ0v) is 14.4. The molecular formula is C16H15Cl2N3O3. The molecule has 3 rings (SSSR count). The van der Waals surface area contributed by atoms with Crippen LogP contribution in [0.4, 0.5) is 11.4 Å². The van der Waals surface area contributed by atoms with Crippen molar-refractivity contribution < 1.29 is 9.66 Å². The van der Waals surface area contributed by atoms with Crippen LogP contribution in [0.15, 0.2) is 30.3 Å². The van der Waals surface area contributed by atoms with Crippen LogP contribution in [-0.4, -0.2) is 23.1 Å². The first-order valence-corrected chi connectivity index (χ1v) is 8.15. The van der Waals surface area contributed by atoms with Gasteiger partial charge in [0, 0.05) is 18.7 Å². The van der Waals surface area contributed by atoms with Gasteiger partial charge < -0.3 is 9.64 Å². The van der Waals surface area contributed by atoms with Crippen LogP contribution in [0.5, 0.6) is 5.75 Å². The van der Waals surface area contributed by atoms with Crippen molar-refractivity contribution in [3.63, 3.8) is 0 Å². The van der Waals surface area contributed by atoms with Gasteiger partial charge in [0.2, 0.25) is 5.15 Å². The summed E-state index contributed by atoms with van der Waals surface area (Å²) in [7, 11) is 1.61. The molecule has 1 fully saturated rings. The molecule has 0 amide bonds. The molecular weight excluding hydrogens is 353 g/mol. The van der Waals surface area contributed by atoms with Crippen LogP contribution in [0.3, 0.4) is 0 Å². The van der Waals surface area contributed by atoms with Gasteiger partial charge in [0.15, 0.2) is 0 Å². The fourth-order valence-electron chi connectivity index (χ4n) is 2.58. The quantitative estimate of drug-likeness (QED) is 0.427.